The maximum absolute atomic E-state index is 3.83. The van der Waals surface area contributed by atoms with E-state index in [-0.39, 0.29) is 0 Å². The molecule has 2 nitrogen and oxygen atoms in total. The van der Waals surface area contributed by atoms with Crippen LogP contribution in [0.1, 0.15) is 52.0 Å². The molecule has 1 aliphatic rings. The highest BCUT2D eigenvalue weighted by Crippen LogP contribution is 2.38. The third-order valence-corrected chi connectivity index (χ3v) is 4.90. The fourth-order valence-electron chi connectivity index (χ4n) is 3.57. The van der Waals surface area contributed by atoms with Crippen molar-refractivity contribution >= 4 is 5.69 Å². The maximum Gasteiger partial charge on any atom is 0.0361 e. The first-order valence-electron chi connectivity index (χ1n) is 8.37. The second-order valence-corrected chi connectivity index (χ2v) is 7.81. The van der Waals surface area contributed by atoms with Crippen LogP contribution in [-0.4, -0.2) is 20.1 Å². The van der Waals surface area contributed by atoms with Crippen LogP contribution in [0.3, 0.4) is 0 Å². The summed E-state index contributed by atoms with van der Waals surface area (Å²) in [5.74, 6) is 0.798. The van der Waals surface area contributed by atoms with Crippen LogP contribution < -0.4 is 10.2 Å². The smallest absolute Gasteiger partial charge is 0.0361 e. The summed E-state index contributed by atoms with van der Waals surface area (Å²) in [4.78, 5) is 2.15. The minimum absolute atomic E-state index is 0.410. The summed E-state index contributed by atoms with van der Waals surface area (Å²) in [5, 5.41) is 3.83. The molecule has 2 atom stereocenters. The lowest BCUT2D eigenvalue weighted by Gasteiger charge is -2.41. The fourth-order valence-corrected chi connectivity index (χ4v) is 3.57. The normalized spacial score (nSPS) is 23.1. The molecule has 0 aromatic heterocycles. The van der Waals surface area contributed by atoms with E-state index in [1.807, 2.05) is 0 Å². The molecule has 0 amide bonds. The van der Waals surface area contributed by atoms with E-state index in [1.54, 1.807) is 0 Å². The van der Waals surface area contributed by atoms with Gasteiger partial charge in [0.2, 0.25) is 0 Å². The summed E-state index contributed by atoms with van der Waals surface area (Å²) in [7, 11) is 4.17. The standard InChI is InChI=1S/C19H32N2/c1-19(2,3)17-8-6-7-9-18(17)20-14-15-10-12-16(13-11-15)21(4)5/h10-13,17-18,20H,6-9,14H2,1-5H3. The highest BCUT2D eigenvalue weighted by atomic mass is 15.1. The molecule has 2 rings (SSSR count). The first kappa shape index (κ1) is 16.4. The molecule has 2 heteroatoms. The third kappa shape index (κ3) is 4.47. The number of hydrogen-bond acceptors (Lipinski definition) is 2. The molecule has 0 saturated heterocycles. The van der Waals surface area contributed by atoms with E-state index in [9.17, 15) is 0 Å². The summed E-state index contributed by atoms with van der Waals surface area (Å²) in [5.41, 5.74) is 3.06. The Morgan fingerprint density at radius 1 is 1.05 bits per heavy atom. The van der Waals surface area contributed by atoms with Gasteiger partial charge in [0.05, 0.1) is 0 Å². The van der Waals surface area contributed by atoms with Crippen LogP contribution in [0.5, 0.6) is 0 Å². The lowest BCUT2D eigenvalue weighted by Crippen LogP contribution is -2.43. The van der Waals surface area contributed by atoms with Crippen molar-refractivity contribution in [1.82, 2.24) is 5.32 Å². The summed E-state index contributed by atoms with van der Waals surface area (Å²) in [6.07, 6.45) is 5.49. The van der Waals surface area contributed by atoms with E-state index < -0.39 is 0 Å². The van der Waals surface area contributed by atoms with Crippen LogP contribution >= 0.6 is 0 Å². The Balaban J connectivity index is 1.94. The molecule has 1 N–H and O–H groups in total. The highest BCUT2D eigenvalue weighted by Gasteiger charge is 2.33. The van der Waals surface area contributed by atoms with E-state index in [2.05, 4.69) is 69.3 Å². The molecule has 21 heavy (non-hydrogen) atoms. The lowest BCUT2D eigenvalue weighted by atomic mass is 9.69. The fraction of sp³-hybridized carbons (Fsp3) is 0.684. The quantitative estimate of drug-likeness (QED) is 0.880. The monoisotopic (exact) mass is 288 g/mol. The molecule has 0 radical (unpaired) electrons. The van der Waals surface area contributed by atoms with Crippen molar-refractivity contribution in [3.63, 3.8) is 0 Å². The van der Waals surface area contributed by atoms with Gasteiger partial charge in [-0.05, 0) is 41.9 Å². The molecule has 118 valence electrons. The molecule has 0 heterocycles. The SMILES string of the molecule is CN(C)c1ccc(CNC2CCCCC2C(C)(C)C)cc1. The van der Waals surface area contributed by atoms with Gasteiger partial charge in [-0.25, -0.2) is 0 Å². The van der Waals surface area contributed by atoms with Gasteiger partial charge in [-0.3, -0.25) is 0 Å². The van der Waals surface area contributed by atoms with Gasteiger partial charge in [0.15, 0.2) is 0 Å². The Bertz CT molecular complexity index is 428. The molecule has 1 aromatic carbocycles. The van der Waals surface area contributed by atoms with E-state index in [0.29, 0.717) is 11.5 Å². The van der Waals surface area contributed by atoms with Crippen LogP contribution in [0.15, 0.2) is 24.3 Å². The molecule has 0 spiro atoms. The van der Waals surface area contributed by atoms with Crippen molar-refractivity contribution in [1.29, 1.82) is 0 Å². The van der Waals surface area contributed by atoms with Gasteiger partial charge in [0.1, 0.15) is 0 Å². The Morgan fingerprint density at radius 2 is 1.67 bits per heavy atom. The number of nitrogens with one attached hydrogen (secondary N) is 1. The molecule has 1 saturated carbocycles. The van der Waals surface area contributed by atoms with Gasteiger partial charge in [-0.2, -0.15) is 0 Å². The average Bonchev–Trinajstić information content (AvgIpc) is 2.45. The molecule has 0 bridgehead atoms. The predicted molar refractivity (Wildman–Crippen MR) is 92.8 cm³/mol. The Kier molecular flexibility index (Phi) is 5.32. The van der Waals surface area contributed by atoms with Crippen LogP contribution in [0, 0.1) is 11.3 Å². The van der Waals surface area contributed by atoms with Crippen molar-refractivity contribution in [2.75, 3.05) is 19.0 Å². The summed E-state index contributed by atoms with van der Waals surface area (Å²) in [6, 6.07) is 9.58. The number of benzene rings is 1. The maximum atomic E-state index is 3.83. The van der Waals surface area contributed by atoms with Crippen molar-refractivity contribution in [2.45, 2.75) is 59.0 Å². The molecule has 0 aliphatic heterocycles. The zero-order valence-electron chi connectivity index (χ0n) is 14.4. The number of hydrogen-bond donors (Lipinski definition) is 1. The van der Waals surface area contributed by atoms with Crippen molar-refractivity contribution < 1.29 is 0 Å². The first-order valence-corrected chi connectivity index (χ1v) is 8.37. The Labute approximate surface area is 130 Å². The molecular formula is C19H32N2. The zero-order valence-corrected chi connectivity index (χ0v) is 14.4. The topological polar surface area (TPSA) is 15.3 Å². The molecule has 1 aromatic rings. The van der Waals surface area contributed by atoms with Gasteiger partial charge in [0, 0.05) is 32.4 Å². The Morgan fingerprint density at radius 3 is 2.24 bits per heavy atom. The van der Waals surface area contributed by atoms with E-state index in [1.165, 1.54) is 36.9 Å². The highest BCUT2D eigenvalue weighted by molar-refractivity contribution is 5.45. The van der Waals surface area contributed by atoms with Gasteiger partial charge >= 0.3 is 0 Å². The average molecular weight is 288 g/mol. The van der Waals surface area contributed by atoms with Crippen LogP contribution in [0.4, 0.5) is 5.69 Å². The molecule has 2 unspecified atom stereocenters. The predicted octanol–water partition coefficient (Wildman–Crippen LogP) is 4.45. The number of anilines is 1. The van der Waals surface area contributed by atoms with Gasteiger partial charge < -0.3 is 10.2 Å². The van der Waals surface area contributed by atoms with Crippen LogP contribution in [0.2, 0.25) is 0 Å². The van der Waals surface area contributed by atoms with Crippen molar-refractivity contribution in [2.24, 2.45) is 11.3 Å². The number of nitrogens with zero attached hydrogens (tertiary/aromatic N) is 1. The second-order valence-electron chi connectivity index (χ2n) is 7.81. The molecule has 1 aliphatic carbocycles. The molecule has 1 fully saturated rings. The molecular weight excluding hydrogens is 256 g/mol. The van der Waals surface area contributed by atoms with Crippen LogP contribution in [0.25, 0.3) is 0 Å². The van der Waals surface area contributed by atoms with Crippen molar-refractivity contribution in [3.05, 3.63) is 29.8 Å². The van der Waals surface area contributed by atoms with E-state index in [0.717, 1.165) is 12.5 Å². The third-order valence-electron chi connectivity index (χ3n) is 4.90. The minimum atomic E-state index is 0.410. The minimum Gasteiger partial charge on any atom is -0.378 e. The zero-order chi connectivity index (χ0) is 15.5. The van der Waals surface area contributed by atoms with Crippen molar-refractivity contribution in [3.8, 4) is 0 Å². The lowest BCUT2D eigenvalue weighted by molar-refractivity contribution is 0.130. The first-order chi connectivity index (χ1) is 9.88. The van der Waals surface area contributed by atoms with Crippen LogP contribution in [-0.2, 0) is 6.54 Å². The summed E-state index contributed by atoms with van der Waals surface area (Å²) in [6.45, 7) is 8.17. The van der Waals surface area contributed by atoms with E-state index >= 15 is 0 Å². The van der Waals surface area contributed by atoms with Gasteiger partial charge in [0.25, 0.3) is 0 Å². The van der Waals surface area contributed by atoms with Gasteiger partial charge in [-0.1, -0.05) is 45.7 Å². The summed E-state index contributed by atoms with van der Waals surface area (Å²) < 4.78 is 0. The summed E-state index contributed by atoms with van der Waals surface area (Å²) >= 11 is 0. The second kappa shape index (κ2) is 6.83. The number of rotatable bonds is 4. The Hall–Kier alpha value is -1.02. The van der Waals surface area contributed by atoms with E-state index in [4.69, 9.17) is 0 Å². The van der Waals surface area contributed by atoms with Gasteiger partial charge in [-0.15, -0.1) is 0 Å². The largest absolute Gasteiger partial charge is 0.378 e.